The highest BCUT2D eigenvalue weighted by Crippen LogP contribution is 2.25. The zero-order valence-corrected chi connectivity index (χ0v) is 24.9. The van der Waals surface area contributed by atoms with Gasteiger partial charge < -0.3 is 24.8 Å². The van der Waals surface area contributed by atoms with Crippen LogP contribution in [0.1, 0.15) is 17.3 Å². The number of nitrogens with two attached hydrogens (primary N) is 1. The van der Waals surface area contributed by atoms with Crippen LogP contribution in [0.25, 0.3) is 16.7 Å². The predicted octanol–water partition coefficient (Wildman–Crippen LogP) is 4.07. The van der Waals surface area contributed by atoms with Crippen LogP contribution in [-0.2, 0) is 10.0 Å². The first-order valence-electron chi connectivity index (χ1n) is 14.2. The molecular formula is C32H32N6O5S. The maximum atomic E-state index is 13.3. The molecule has 11 nitrogen and oxygen atoms in total. The van der Waals surface area contributed by atoms with Gasteiger partial charge in [0.15, 0.2) is 0 Å². The van der Waals surface area contributed by atoms with E-state index in [1.807, 2.05) is 48.2 Å². The molecule has 0 saturated carbocycles. The number of aromatic amines is 1. The monoisotopic (exact) mass is 612 g/mol. The third kappa shape index (κ3) is 6.03. The largest absolute Gasteiger partial charge is 0.494 e. The second-order valence-corrected chi connectivity index (χ2v) is 12.0. The van der Waals surface area contributed by atoms with Gasteiger partial charge in [-0.2, -0.15) is 0 Å². The van der Waals surface area contributed by atoms with Crippen LogP contribution >= 0.6 is 0 Å². The number of anilines is 3. The van der Waals surface area contributed by atoms with Gasteiger partial charge in [0.2, 0.25) is 10.0 Å². The highest BCUT2D eigenvalue weighted by Gasteiger charge is 2.23. The van der Waals surface area contributed by atoms with E-state index in [1.165, 1.54) is 12.1 Å². The number of ether oxygens (including phenoxy) is 1. The van der Waals surface area contributed by atoms with Gasteiger partial charge in [-0.15, -0.1) is 0 Å². The lowest BCUT2D eigenvalue weighted by Gasteiger charge is -2.36. The maximum absolute atomic E-state index is 13.3. The van der Waals surface area contributed by atoms with Gasteiger partial charge in [-0.05, 0) is 97.9 Å². The number of nitrogens with one attached hydrogen (secondary N) is 2. The number of carbonyl (C=O) groups is 1. The van der Waals surface area contributed by atoms with Gasteiger partial charge >= 0.3 is 5.69 Å². The van der Waals surface area contributed by atoms with E-state index in [1.54, 1.807) is 47.0 Å². The summed E-state index contributed by atoms with van der Waals surface area (Å²) in [7, 11) is -3.77. The van der Waals surface area contributed by atoms with Crippen molar-refractivity contribution < 1.29 is 17.9 Å². The molecule has 1 aliphatic rings. The van der Waals surface area contributed by atoms with Crippen LogP contribution in [0.5, 0.6) is 5.75 Å². The standard InChI is InChI=1S/C32H32N6O5S/c1-2-43-27-12-10-25(11-13-27)36-17-19-37(20-18-36)31(39)22-3-8-26(9-4-22)38-30-16-7-24(21-29(30)35-32(38)40)34-23-5-14-28(15-6-23)44(33,41)42/h3-16,21,34H,2,17-20H2,1H3,(H,35,40)(H2,33,41,42). The molecule has 0 spiro atoms. The molecule has 6 rings (SSSR count). The molecule has 1 aliphatic heterocycles. The minimum absolute atomic E-state index is 0.0234. The molecule has 0 unspecified atom stereocenters. The number of hydrogen-bond donors (Lipinski definition) is 3. The second kappa shape index (κ2) is 11.9. The average molecular weight is 613 g/mol. The Hall–Kier alpha value is -5.07. The van der Waals surface area contributed by atoms with Crippen molar-refractivity contribution in [2.75, 3.05) is 43.0 Å². The summed E-state index contributed by atoms with van der Waals surface area (Å²) in [6.45, 7) is 5.29. The third-order valence-electron chi connectivity index (χ3n) is 7.61. The van der Waals surface area contributed by atoms with Crippen molar-refractivity contribution in [1.82, 2.24) is 14.5 Å². The molecule has 1 saturated heterocycles. The number of benzene rings is 4. The van der Waals surface area contributed by atoms with E-state index in [-0.39, 0.29) is 16.5 Å². The van der Waals surface area contributed by atoms with Crippen LogP contribution in [-0.4, -0.2) is 61.6 Å². The van der Waals surface area contributed by atoms with E-state index >= 15 is 0 Å². The molecule has 1 aromatic heterocycles. The number of aromatic nitrogens is 2. The van der Waals surface area contributed by atoms with Crippen LogP contribution in [0.3, 0.4) is 0 Å². The van der Waals surface area contributed by atoms with E-state index < -0.39 is 10.0 Å². The van der Waals surface area contributed by atoms with Crippen LogP contribution in [0.15, 0.2) is 101 Å². The number of rotatable bonds is 8. The summed E-state index contributed by atoms with van der Waals surface area (Å²) in [5.41, 5.74) is 4.67. The fourth-order valence-electron chi connectivity index (χ4n) is 5.36. The maximum Gasteiger partial charge on any atom is 0.331 e. The molecule has 0 radical (unpaired) electrons. The first kappa shape index (κ1) is 29.0. The number of piperazine rings is 1. The number of nitrogens with zero attached hydrogens (tertiary/aromatic N) is 3. The number of carbonyl (C=O) groups excluding carboxylic acids is 1. The minimum atomic E-state index is -3.77. The number of hydrogen-bond acceptors (Lipinski definition) is 7. The Balaban J connectivity index is 1.12. The Morgan fingerprint density at radius 3 is 2.14 bits per heavy atom. The number of fused-ring (bicyclic) bond motifs is 1. The molecular weight excluding hydrogens is 580 g/mol. The van der Waals surface area contributed by atoms with Crippen LogP contribution in [0.2, 0.25) is 0 Å². The Labute approximate surface area is 254 Å². The van der Waals surface area contributed by atoms with Crippen molar-refractivity contribution in [3.05, 3.63) is 107 Å². The van der Waals surface area contributed by atoms with Crippen LogP contribution < -0.4 is 25.8 Å². The van der Waals surface area contributed by atoms with Gasteiger partial charge in [-0.3, -0.25) is 9.36 Å². The van der Waals surface area contributed by atoms with Gasteiger partial charge in [-0.1, -0.05) is 0 Å². The van der Waals surface area contributed by atoms with Gasteiger partial charge in [0.05, 0.1) is 28.2 Å². The number of sulfonamides is 1. The highest BCUT2D eigenvalue weighted by molar-refractivity contribution is 7.89. The van der Waals surface area contributed by atoms with Gasteiger partial charge in [0.25, 0.3) is 5.91 Å². The molecule has 4 aromatic carbocycles. The second-order valence-electron chi connectivity index (χ2n) is 10.4. The fraction of sp³-hybridized carbons (Fsp3) is 0.188. The molecule has 4 N–H and O–H groups in total. The first-order valence-corrected chi connectivity index (χ1v) is 15.8. The zero-order chi connectivity index (χ0) is 30.8. The van der Waals surface area contributed by atoms with Gasteiger partial charge in [0, 0.05) is 48.8 Å². The molecule has 226 valence electrons. The van der Waals surface area contributed by atoms with E-state index in [0.717, 1.165) is 24.5 Å². The minimum Gasteiger partial charge on any atom is -0.494 e. The lowest BCUT2D eigenvalue weighted by atomic mass is 10.1. The van der Waals surface area contributed by atoms with E-state index in [2.05, 4.69) is 15.2 Å². The third-order valence-corrected chi connectivity index (χ3v) is 8.54. The summed E-state index contributed by atoms with van der Waals surface area (Å²) in [5.74, 6) is 0.805. The summed E-state index contributed by atoms with van der Waals surface area (Å²) in [4.78, 5) is 33.2. The molecule has 1 fully saturated rings. The van der Waals surface area contributed by atoms with Crippen molar-refractivity contribution >= 4 is 44.0 Å². The summed E-state index contributed by atoms with van der Waals surface area (Å²) in [5, 5.41) is 8.36. The Bertz CT molecular complexity index is 1960. The summed E-state index contributed by atoms with van der Waals surface area (Å²) in [6.07, 6.45) is 0. The van der Waals surface area contributed by atoms with Gasteiger partial charge in [-0.25, -0.2) is 18.4 Å². The molecule has 0 bridgehead atoms. The van der Waals surface area contributed by atoms with Crippen molar-refractivity contribution in [3.63, 3.8) is 0 Å². The average Bonchev–Trinajstić information content (AvgIpc) is 3.36. The number of primary sulfonamides is 1. The van der Waals surface area contributed by atoms with Crippen molar-refractivity contribution in [2.45, 2.75) is 11.8 Å². The van der Waals surface area contributed by atoms with E-state index in [0.29, 0.717) is 53.4 Å². The quantitative estimate of drug-likeness (QED) is 0.240. The summed E-state index contributed by atoms with van der Waals surface area (Å²) >= 11 is 0. The van der Waals surface area contributed by atoms with Gasteiger partial charge in [0.1, 0.15) is 5.75 Å². The number of amides is 1. The molecule has 5 aromatic rings. The van der Waals surface area contributed by atoms with E-state index in [9.17, 15) is 18.0 Å². The highest BCUT2D eigenvalue weighted by atomic mass is 32.2. The lowest BCUT2D eigenvalue weighted by molar-refractivity contribution is 0.0747. The van der Waals surface area contributed by atoms with Crippen molar-refractivity contribution in [2.24, 2.45) is 5.14 Å². The zero-order valence-electron chi connectivity index (χ0n) is 24.1. The molecule has 12 heteroatoms. The summed E-state index contributed by atoms with van der Waals surface area (Å²) in [6, 6.07) is 26.6. The Morgan fingerprint density at radius 2 is 1.50 bits per heavy atom. The smallest absolute Gasteiger partial charge is 0.331 e. The van der Waals surface area contributed by atoms with Crippen molar-refractivity contribution in [3.8, 4) is 11.4 Å². The van der Waals surface area contributed by atoms with Crippen LogP contribution in [0, 0.1) is 0 Å². The number of imidazole rings is 1. The first-order chi connectivity index (χ1) is 21.2. The number of H-pyrrole nitrogens is 1. The predicted molar refractivity (Wildman–Crippen MR) is 171 cm³/mol. The molecule has 0 aliphatic carbocycles. The normalized spacial score (nSPS) is 13.7. The Morgan fingerprint density at radius 1 is 0.864 bits per heavy atom. The molecule has 2 heterocycles. The topological polar surface area (TPSA) is 143 Å². The van der Waals surface area contributed by atoms with Crippen molar-refractivity contribution in [1.29, 1.82) is 0 Å². The summed E-state index contributed by atoms with van der Waals surface area (Å²) < 4.78 is 30.1. The Kier molecular flexibility index (Phi) is 7.85. The molecule has 0 atom stereocenters. The SMILES string of the molecule is CCOc1ccc(N2CCN(C(=O)c3ccc(-n4c(=O)[nH]c5cc(Nc6ccc(S(N)(=O)=O)cc6)ccc54)cc3)CC2)cc1. The molecule has 1 amide bonds. The molecule has 44 heavy (non-hydrogen) atoms. The van der Waals surface area contributed by atoms with Crippen LogP contribution in [0.4, 0.5) is 17.1 Å². The van der Waals surface area contributed by atoms with E-state index in [4.69, 9.17) is 9.88 Å². The fourth-order valence-corrected chi connectivity index (χ4v) is 5.88. The lowest BCUT2D eigenvalue weighted by Crippen LogP contribution is -2.48.